The summed E-state index contributed by atoms with van der Waals surface area (Å²) in [6, 6.07) is 2.55. The molecule has 13 heteroatoms. The summed E-state index contributed by atoms with van der Waals surface area (Å²) in [4.78, 5) is 0. The van der Waals surface area contributed by atoms with Crippen molar-refractivity contribution in [3.05, 3.63) is 6.92 Å². The highest BCUT2D eigenvalue weighted by Gasteiger charge is 2.51. The summed E-state index contributed by atoms with van der Waals surface area (Å²) in [7, 11) is -13.8. The van der Waals surface area contributed by atoms with E-state index >= 15 is 0 Å². The molecule has 0 fully saturated rings. The van der Waals surface area contributed by atoms with E-state index in [1.54, 1.807) is 0 Å². The number of hydrogen-bond acceptors (Lipinski definition) is 7. The second-order valence-electron chi connectivity index (χ2n) is 12.7. The summed E-state index contributed by atoms with van der Waals surface area (Å²) in [5, 5.41) is 0. The molecule has 0 amide bonds. The van der Waals surface area contributed by atoms with Gasteiger partial charge in [-0.2, -0.15) is 0 Å². The predicted octanol–water partition coefficient (Wildman–Crippen LogP) is 7.61. The zero-order valence-corrected chi connectivity index (χ0v) is 32.5. The lowest BCUT2D eigenvalue weighted by molar-refractivity contribution is 0.136. The van der Waals surface area contributed by atoms with Gasteiger partial charge in [-0.05, 0) is 123 Å². The fourth-order valence-corrected chi connectivity index (χ4v) is 33.6. The van der Waals surface area contributed by atoms with Crippen LogP contribution in [0.2, 0.25) is 90.1 Å². The Morgan fingerprint density at radius 3 is 1.41 bits per heavy atom. The van der Waals surface area contributed by atoms with Crippen molar-refractivity contribution >= 4 is 50.9 Å². The molecule has 0 aromatic heterocycles. The highest BCUT2D eigenvalue weighted by atomic mass is 28.5. The van der Waals surface area contributed by atoms with Gasteiger partial charge >= 0.3 is 34.2 Å². The van der Waals surface area contributed by atoms with Gasteiger partial charge in [-0.15, -0.1) is 0 Å². The second-order valence-corrected chi connectivity index (χ2v) is 36.5. The quantitative estimate of drug-likeness (QED) is 0.0903. The van der Waals surface area contributed by atoms with Gasteiger partial charge in [0.1, 0.15) is 0 Å². The lowest BCUT2D eigenvalue weighted by atomic mass is 10.5. The van der Waals surface area contributed by atoms with Crippen molar-refractivity contribution in [2.45, 2.75) is 123 Å². The van der Waals surface area contributed by atoms with Gasteiger partial charge < -0.3 is 30.0 Å². The zero-order valence-electron chi connectivity index (χ0n) is 26.5. The summed E-state index contributed by atoms with van der Waals surface area (Å²) in [5.74, 6) is 0. The lowest BCUT2D eigenvalue weighted by Gasteiger charge is -2.45. The Balaban J connectivity index is 6.08. The summed E-state index contributed by atoms with van der Waals surface area (Å²) in [6.07, 6.45) is 2.28. The average Bonchev–Trinajstić information content (AvgIpc) is 2.67. The molecule has 3 unspecified atom stereocenters. The van der Waals surface area contributed by atoms with E-state index in [2.05, 4.69) is 78.9 Å². The van der Waals surface area contributed by atoms with Crippen LogP contribution in [0.15, 0.2) is 0 Å². The highest BCUT2D eigenvalue weighted by Crippen LogP contribution is 2.33. The molecule has 0 rings (SSSR count). The van der Waals surface area contributed by atoms with Gasteiger partial charge in [-0.25, -0.2) is 0 Å². The number of rotatable bonds is 22. The van der Waals surface area contributed by atoms with E-state index in [9.17, 15) is 0 Å². The summed E-state index contributed by atoms with van der Waals surface area (Å²) < 4.78 is 45.9. The maximum atomic E-state index is 7.21. The first-order valence-corrected chi connectivity index (χ1v) is 31.3. The third-order valence-electron chi connectivity index (χ3n) is 5.35. The van der Waals surface area contributed by atoms with E-state index in [0.717, 1.165) is 31.0 Å². The van der Waals surface area contributed by atoms with Gasteiger partial charge in [0.2, 0.25) is 0 Å². The van der Waals surface area contributed by atoms with E-state index < -0.39 is 50.9 Å². The molecule has 222 valence electrons. The molecule has 0 spiro atoms. The molecular formula is C24H60O7Si6. The number of hydrogen-bond donors (Lipinski definition) is 0. The molecule has 0 N–H and O–H groups in total. The average molecular weight is 629 g/mol. The fourth-order valence-electron chi connectivity index (χ4n) is 4.57. The van der Waals surface area contributed by atoms with Crippen LogP contribution < -0.4 is 0 Å². The van der Waals surface area contributed by atoms with Crippen molar-refractivity contribution in [2.24, 2.45) is 0 Å². The minimum Gasteiger partial charge on any atom is -0.437 e. The van der Waals surface area contributed by atoms with Crippen LogP contribution in [0.1, 0.15) is 33.1 Å². The van der Waals surface area contributed by atoms with E-state index in [4.69, 9.17) is 37.0 Å². The van der Waals surface area contributed by atoms with Crippen LogP contribution in [0.3, 0.4) is 0 Å². The molecular weight excluding hydrogens is 569 g/mol. The molecule has 0 saturated heterocycles. The highest BCUT2D eigenvalue weighted by molar-refractivity contribution is 6.91. The Bertz CT molecular complexity index is 632. The SMILES string of the molecule is [CH]CCOCCC[Si](C)(O[Si](C)(C)O[Si](C)(C)C)O[Si](C)(CCCOCC)O[Si](C)(CC)O[Si](C)(C)C. The molecule has 37 heavy (non-hydrogen) atoms. The van der Waals surface area contributed by atoms with Crippen LogP contribution in [0.25, 0.3) is 0 Å². The molecule has 0 aliphatic heterocycles. The van der Waals surface area contributed by atoms with Crippen LogP contribution >= 0.6 is 0 Å². The largest absolute Gasteiger partial charge is 0.437 e. The molecule has 2 radical (unpaired) electrons. The van der Waals surface area contributed by atoms with E-state index in [-0.39, 0.29) is 0 Å². The van der Waals surface area contributed by atoms with Crippen molar-refractivity contribution in [1.29, 1.82) is 0 Å². The van der Waals surface area contributed by atoms with Crippen molar-refractivity contribution in [1.82, 2.24) is 0 Å². The molecule has 0 aliphatic carbocycles. The first-order chi connectivity index (χ1) is 16.7. The molecule has 0 aromatic rings. The van der Waals surface area contributed by atoms with Gasteiger partial charge in [0.25, 0.3) is 0 Å². The minimum absolute atomic E-state index is 0.529. The minimum atomic E-state index is -2.70. The third kappa shape index (κ3) is 18.9. The van der Waals surface area contributed by atoms with Crippen molar-refractivity contribution in [2.75, 3.05) is 26.4 Å². The maximum absolute atomic E-state index is 7.21. The Morgan fingerprint density at radius 2 is 0.973 bits per heavy atom. The van der Waals surface area contributed by atoms with Crippen molar-refractivity contribution < 1.29 is 30.0 Å². The molecule has 7 nitrogen and oxygen atoms in total. The second kappa shape index (κ2) is 16.5. The monoisotopic (exact) mass is 628 g/mol. The molecule has 3 atom stereocenters. The summed E-state index contributed by atoms with van der Waals surface area (Å²) in [5.41, 5.74) is 0. The predicted molar refractivity (Wildman–Crippen MR) is 170 cm³/mol. The van der Waals surface area contributed by atoms with Crippen LogP contribution in [0, 0.1) is 6.92 Å². The van der Waals surface area contributed by atoms with Crippen LogP contribution in [0.4, 0.5) is 0 Å². The van der Waals surface area contributed by atoms with Gasteiger partial charge in [0.15, 0.2) is 16.6 Å². The molecule has 0 bridgehead atoms. The fraction of sp³-hybridized carbons (Fsp3) is 0.958. The smallest absolute Gasteiger partial charge is 0.317 e. The Kier molecular flexibility index (Phi) is 16.9. The lowest BCUT2D eigenvalue weighted by Crippen LogP contribution is -2.62. The van der Waals surface area contributed by atoms with E-state index in [0.29, 0.717) is 32.8 Å². The van der Waals surface area contributed by atoms with Gasteiger partial charge in [-0.3, -0.25) is 0 Å². The van der Waals surface area contributed by atoms with Crippen LogP contribution in [-0.2, 0) is 30.0 Å². The third-order valence-corrected chi connectivity index (χ3v) is 28.3. The Hall–Kier alpha value is 1.02. The first-order valence-electron chi connectivity index (χ1n) is 14.1. The topological polar surface area (TPSA) is 64.6 Å². The molecule has 0 aliphatic rings. The zero-order chi connectivity index (χ0) is 29.0. The Labute approximate surface area is 236 Å². The van der Waals surface area contributed by atoms with Crippen LogP contribution in [-0.4, -0.2) is 77.3 Å². The molecule has 0 aromatic carbocycles. The van der Waals surface area contributed by atoms with E-state index in [1.807, 2.05) is 6.92 Å². The van der Waals surface area contributed by atoms with Crippen molar-refractivity contribution in [3.8, 4) is 0 Å². The maximum Gasteiger partial charge on any atom is 0.317 e. The normalized spacial score (nSPS) is 18.3. The van der Waals surface area contributed by atoms with Gasteiger partial charge in [-0.1, -0.05) is 6.92 Å². The summed E-state index contributed by atoms with van der Waals surface area (Å²) in [6.45, 7) is 36.7. The summed E-state index contributed by atoms with van der Waals surface area (Å²) >= 11 is 0. The van der Waals surface area contributed by atoms with Gasteiger partial charge in [0.05, 0.1) is 0 Å². The Morgan fingerprint density at radius 1 is 0.514 bits per heavy atom. The van der Waals surface area contributed by atoms with E-state index in [1.165, 1.54) is 0 Å². The standard InChI is InChI=1S/C24H60O7Si6/c1-15-20-26-22-19-23-36(13,29-34(10,11)27-32(4,5)6)31-37(14,24-18-21-25-16-2)30-35(12,17-3)28-33(7,8)9/h1H,15-24H2,2-14H3. The number of ether oxygens (including phenoxy) is 2. The first kappa shape index (κ1) is 38.0. The van der Waals surface area contributed by atoms with Gasteiger partial charge in [0, 0.05) is 26.4 Å². The molecule has 0 saturated carbocycles. The molecule has 0 heterocycles. The van der Waals surface area contributed by atoms with Crippen LogP contribution in [0.5, 0.6) is 0 Å². The van der Waals surface area contributed by atoms with Crippen molar-refractivity contribution in [3.63, 3.8) is 0 Å².